The first-order valence-electron chi connectivity index (χ1n) is 45.0. The van der Waals surface area contributed by atoms with E-state index in [1.165, 1.54) is 66.8 Å². The molecule has 0 radical (unpaired) electrons. The van der Waals surface area contributed by atoms with Crippen LogP contribution < -0.4 is 48.3 Å². The Balaban J connectivity index is 0.711. The quantitative estimate of drug-likeness (QED) is 0.0498. The molecule has 0 bridgehead atoms. The zero-order chi connectivity index (χ0) is 91.2. The highest BCUT2D eigenvalue weighted by molar-refractivity contribution is 5.92. The second-order valence-corrected chi connectivity index (χ2v) is 34.2. The standard InChI is InChI=1S/C122H108N6O4/c1-81-67-99(123(91-31-19-15-20-32-91)95-39-27-43-109(77-95)129-11)47-57-113(81)117-61-51-103(71-85(117)5)127(104-52-62-118(86(6)72-104)114-58-48-100(68-82(114)2)124(92-33-21-16-22-34-92)96-40-28-44-110(78-96)130-12)107-55-65-121(89(9)75-107)122-66-56-108(76-90(122)10)128(105-53-63-119(87(7)73-105)115-59-49-101(69-83(115)3)125(93-35-23-17-24-36-93)97-41-29-45-111(79-97)131-13)106-54-64-120(88(8)74-106)116-60-50-102(70-84(116)4)126(94-37-25-18-26-38-94)98-42-30-46-112(80-98)132-14/h15-80H,1-14H3. The molecule has 18 aromatic carbocycles. The van der Waals surface area contributed by atoms with E-state index in [2.05, 4.69) is 450 Å². The maximum absolute atomic E-state index is 5.75. The van der Waals surface area contributed by atoms with Gasteiger partial charge in [0.2, 0.25) is 0 Å². The summed E-state index contributed by atoms with van der Waals surface area (Å²) < 4.78 is 23.0. The molecule has 0 aromatic heterocycles. The van der Waals surface area contributed by atoms with Gasteiger partial charge in [-0.2, -0.15) is 0 Å². The molecule has 0 spiro atoms. The number of ether oxygens (including phenoxy) is 4. The summed E-state index contributed by atoms with van der Waals surface area (Å²) in [4.78, 5) is 14.0. The molecule has 0 atom stereocenters. The summed E-state index contributed by atoms with van der Waals surface area (Å²) in [7, 11) is 6.87. The maximum atomic E-state index is 5.75. The highest BCUT2D eigenvalue weighted by atomic mass is 16.5. The summed E-state index contributed by atoms with van der Waals surface area (Å²) >= 11 is 0. The number of hydrogen-bond acceptors (Lipinski definition) is 10. The highest BCUT2D eigenvalue weighted by Crippen LogP contribution is 2.50. The fourth-order valence-electron chi connectivity index (χ4n) is 18.9. The van der Waals surface area contributed by atoms with Gasteiger partial charge in [-0.3, -0.25) is 0 Å². The van der Waals surface area contributed by atoms with Crippen LogP contribution >= 0.6 is 0 Å². The number of nitrogens with zero attached hydrogens (tertiary/aromatic N) is 6. The summed E-state index contributed by atoms with van der Waals surface area (Å²) in [5.74, 6) is 3.20. The summed E-state index contributed by atoms with van der Waals surface area (Å²) in [6, 6.07) is 144. The molecule has 0 saturated carbocycles. The van der Waals surface area contributed by atoms with Gasteiger partial charge < -0.3 is 48.3 Å². The molecule has 0 saturated heterocycles. The molecule has 0 unspecified atom stereocenters. The highest BCUT2D eigenvalue weighted by Gasteiger charge is 2.26. The van der Waals surface area contributed by atoms with Crippen LogP contribution in [-0.4, -0.2) is 28.4 Å². The van der Waals surface area contributed by atoms with E-state index in [1.807, 2.05) is 48.5 Å². The van der Waals surface area contributed by atoms with E-state index in [4.69, 9.17) is 18.9 Å². The Morgan fingerprint density at radius 2 is 0.242 bits per heavy atom. The van der Waals surface area contributed by atoms with Crippen LogP contribution in [0.25, 0.3) is 55.6 Å². The van der Waals surface area contributed by atoms with Crippen molar-refractivity contribution >= 4 is 102 Å². The molecule has 0 aliphatic carbocycles. The normalized spacial score (nSPS) is 11.1. The van der Waals surface area contributed by atoms with E-state index in [1.54, 1.807) is 28.4 Å². The second kappa shape index (κ2) is 38.1. The number of aryl methyl sites for hydroxylation is 10. The lowest BCUT2D eigenvalue weighted by atomic mass is 9.93. The monoisotopic (exact) mass is 1720 g/mol. The molecule has 0 aliphatic rings. The van der Waals surface area contributed by atoms with Gasteiger partial charge in [0, 0.05) is 127 Å². The van der Waals surface area contributed by atoms with Crippen LogP contribution in [0.15, 0.2) is 400 Å². The molecule has 0 heterocycles. The minimum atomic E-state index is 0.800. The van der Waals surface area contributed by atoms with Crippen LogP contribution in [0.2, 0.25) is 0 Å². The van der Waals surface area contributed by atoms with E-state index in [-0.39, 0.29) is 0 Å². The van der Waals surface area contributed by atoms with Gasteiger partial charge in [0.05, 0.1) is 28.4 Å². The molecule has 650 valence electrons. The van der Waals surface area contributed by atoms with E-state index >= 15 is 0 Å². The van der Waals surface area contributed by atoms with Crippen molar-refractivity contribution in [3.05, 3.63) is 456 Å². The van der Waals surface area contributed by atoms with Gasteiger partial charge in [-0.05, 0) is 399 Å². The largest absolute Gasteiger partial charge is 0.497 e. The molecule has 0 aliphatic heterocycles. The average Bonchev–Trinajstić information content (AvgIpc) is 0.768. The van der Waals surface area contributed by atoms with Crippen LogP contribution in [0, 0.1) is 69.2 Å². The minimum Gasteiger partial charge on any atom is -0.497 e. The average molecular weight is 1720 g/mol. The third-order valence-corrected chi connectivity index (χ3v) is 25.4. The van der Waals surface area contributed by atoms with Gasteiger partial charge in [-0.25, -0.2) is 0 Å². The number of para-hydroxylation sites is 4. The molecule has 10 heteroatoms. The Bertz CT molecular complexity index is 6450. The summed E-state index contributed by atoms with van der Waals surface area (Å²) in [6.07, 6.45) is 0. The van der Waals surface area contributed by atoms with Crippen molar-refractivity contribution in [3.63, 3.8) is 0 Å². The van der Waals surface area contributed by atoms with Crippen LogP contribution in [0.5, 0.6) is 23.0 Å². The fourth-order valence-corrected chi connectivity index (χ4v) is 18.9. The summed E-state index contributed by atoms with van der Waals surface area (Å²) in [5, 5.41) is 0. The van der Waals surface area contributed by atoms with Crippen molar-refractivity contribution in [2.24, 2.45) is 0 Å². The van der Waals surface area contributed by atoms with E-state index in [0.29, 0.717) is 0 Å². The Morgan fingerprint density at radius 3 is 0.371 bits per heavy atom. The van der Waals surface area contributed by atoms with Crippen LogP contribution in [0.1, 0.15) is 55.6 Å². The molecular weight excluding hydrogens is 1610 g/mol. The van der Waals surface area contributed by atoms with Crippen molar-refractivity contribution in [2.75, 3.05) is 57.8 Å². The van der Waals surface area contributed by atoms with Gasteiger partial charge in [0.25, 0.3) is 0 Å². The minimum absolute atomic E-state index is 0.800. The Hall–Kier alpha value is -16.0. The molecule has 132 heavy (non-hydrogen) atoms. The third-order valence-electron chi connectivity index (χ3n) is 25.4. The SMILES string of the molecule is COc1cccc(N(c2ccccc2)c2ccc(-c3ccc(N(c4ccc(-c5ccc(N(c6ccccc6)c6cccc(OC)c6)cc5C)c(C)c4)c4ccc(-c5ccc(N(c6ccc(-c7ccc(N(c8ccccc8)c8cccc(OC)c8)cc7C)c(C)c6)c6ccc(-c7ccc(N(c8ccccc8)c8cccc(OC)c8)cc7C)c(C)c6)cc5C)c(C)c4)cc3C)c(C)c2)c1. The zero-order valence-electron chi connectivity index (χ0n) is 77.4. The van der Waals surface area contributed by atoms with Gasteiger partial charge in [-0.1, -0.05) is 158 Å². The maximum Gasteiger partial charge on any atom is 0.120 e. The van der Waals surface area contributed by atoms with E-state index < -0.39 is 0 Å². The van der Waals surface area contributed by atoms with Gasteiger partial charge >= 0.3 is 0 Å². The number of anilines is 18. The van der Waals surface area contributed by atoms with E-state index in [9.17, 15) is 0 Å². The molecule has 0 fully saturated rings. The van der Waals surface area contributed by atoms with Gasteiger partial charge in [-0.15, -0.1) is 0 Å². The first-order chi connectivity index (χ1) is 64.4. The summed E-state index contributed by atoms with van der Waals surface area (Å²) in [5.41, 5.74) is 42.2. The smallest absolute Gasteiger partial charge is 0.120 e. The van der Waals surface area contributed by atoms with E-state index in [0.717, 1.165) is 170 Å². The Labute approximate surface area is 778 Å². The third kappa shape index (κ3) is 17.8. The predicted octanol–water partition coefficient (Wildman–Crippen LogP) is 34.0. The van der Waals surface area contributed by atoms with Crippen molar-refractivity contribution in [3.8, 4) is 78.6 Å². The zero-order valence-corrected chi connectivity index (χ0v) is 77.4. The topological polar surface area (TPSA) is 56.4 Å². The number of benzene rings is 18. The first-order valence-corrected chi connectivity index (χ1v) is 45.0. The van der Waals surface area contributed by atoms with Gasteiger partial charge in [0.15, 0.2) is 0 Å². The summed E-state index contributed by atoms with van der Waals surface area (Å²) in [6.45, 7) is 22.4. The lowest BCUT2D eigenvalue weighted by Crippen LogP contribution is -2.12. The van der Waals surface area contributed by atoms with Crippen LogP contribution in [-0.2, 0) is 0 Å². The molecule has 0 N–H and O–H groups in total. The lowest BCUT2D eigenvalue weighted by molar-refractivity contribution is 0.415. The predicted molar refractivity (Wildman–Crippen MR) is 555 cm³/mol. The Kier molecular flexibility index (Phi) is 25.0. The van der Waals surface area contributed by atoms with Crippen molar-refractivity contribution in [1.82, 2.24) is 0 Å². The van der Waals surface area contributed by atoms with Crippen molar-refractivity contribution in [2.45, 2.75) is 69.2 Å². The second-order valence-electron chi connectivity index (χ2n) is 34.2. The van der Waals surface area contributed by atoms with Gasteiger partial charge in [0.1, 0.15) is 23.0 Å². The van der Waals surface area contributed by atoms with Crippen molar-refractivity contribution < 1.29 is 18.9 Å². The number of rotatable bonds is 27. The molecule has 10 nitrogen and oxygen atoms in total. The lowest BCUT2D eigenvalue weighted by Gasteiger charge is -2.29. The molecule has 18 aromatic rings. The van der Waals surface area contributed by atoms with Crippen LogP contribution in [0.4, 0.5) is 102 Å². The molecular formula is C122H108N6O4. The number of hydrogen-bond donors (Lipinski definition) is 0. The van der Waals surface area contributed by atoms with Crippen molar-refractivity contribution in [1.29, 1.82) is 0 Å². The molecule has 0 amide bonds. The Morgan fingerprint density at radius 1 is 0.121 bits per heavy atom. The number of methoxy groups -OCH3 is 4. The molecule has 18 rings (SSSR count). The fraction of sp³-hybridized carbons (Fsp3) is 0.115. The van der Waals surface area contributed by atoms with Crippen LogP contribution in [0.3, 0.4) is 0 Å². The first kappa shape index (κ1) is 86.7.